The van der Waals surface area contributed by atoms with E-state index in [1.54, 1.807) is 6.21 Å². The summed E-state index contributed by atoms with van der Waals surface area (Å²) in [6.07, 6.45) is 1.55. The molecule has 0 fully saturated rings. The van der Waals surface area contributed by atoms with Crippen LogP contribution in [0.25, 0.3) is 0 Å². The minimum absolute atomic E-state index is 0.121. The Kier molecular flexibility index (Phi) is 7.66. The summed E-state index contributed by atoms with van der Waals surface area (Å²) in [5, 5.41) is 3.96. The Labute approximate surface area is 162 Å². The van der Waals surface area contributed by atoms with Crippen LogP contribution in [0.3, 0.4) is 0 Å². The first-order chi connectivity index (χ1) is 12.5. The molecule has 26 heavy (non-hydrogen) atoms. The van der Waals surface area contributed by atoms with Gasteiger partial charge in [0.25, 0.3) is 5.91 Å². The van der Waals surface area contributed by atoms with Gasteiger partial charge in [-0.1, -0.05) is 32.0 Å². The molecule has 1 amide bonds. The summed E-state index contributed by atoms with van der Waals surface area (Å²) < 4.78 is 11.9. The number of hydrogen-bond donors (Lipinski definition) is 1. The smallest absolute Gasteiger partial charge is 0.277 e. The van der Waals surface area contributed by atoms with Gasteiger partial charge in [0.1, 0.15) is 11.5 Å². The van der Waals surface area contributed by atoms with Crippen LogP contribution >= 0.6 is 15.9 Å². The number of hydrogen-bond acceptors (Lipinski definition) is 4. The lowest BCUT2D eigenvalue weighted by molar-refractivity contribution is -0.123. The molecule has 2 aromatic carbocycles. The molecule has 1 N–H and O–H groups in total. The molecule has 0 aliphatic heterocycles. The Hall–Kier alpha value is -2.34. The van der Waals surface area contributed by atoms with Crippen LogP contribution in [0.15, 0.2) is 52.0 Å². The van der Waals surface area contributed by atoms with E-state index in [-0.39, 0.29) is 12.5 Å². The van der Waals surface area contributed by atoms with Crippen molar-refractivity contribution in [3.05, 3.63) is 58.1 Å². The van der Waals surface area contributed by atoms with E-state index < -0.39 is 0 Å². The maximum Gasteiger partial charge on any atom is 0.277 e. The van der Waals surface area contributed by atoms with E-state index in [1.807, 2.05) is 49.4 Å². The first-order valence-corrected chi connectivity index (χ1v) is 9.26. The van der Waals surface area contributed by atoms with Crippen molar-refractivity contribution in [1.29, 1.82) is 0 Å². The lowest BCUT2D eigenvalue weighted by Crippen LogP contribution is -2.24. The molecule has 138 valence electrons. The van der Waals surface area contributed by atoms with Crippen LogP contribution < -0.4 is 14.9 Å². The van der Waals surface area contributed by atoms with Crippen molar-refractivity contribution in [2.24, 2.45) is 5.10 Å². The molecule has 0 saturated carbocycles. The Balaban J connectivity index is 1.88. The number of amides is 1. The summed E-state index contributed by atoms with van der Waals surface area (Å²) in [6.45, 7) is 6.60. The molecule has 0 aromatic heterocycles. The average molecular weight is 419 g/mol. The van der Waals surface area contributed by atoms with Gasteiger partial charge in [-0.25, -0.2) is 5.43 Å². The number of para-hydroxylation sites is 1. The molecular weight excluding hydrogens is 396 g/mol. The van der Waals surface area contributed by atoms with Crippen molar-refractivity contribution < 1.29 is 14.3 Å². The molecule has 0 aliphatic rings. The molecule has 6 heteroatoms. The van der Waals surface area contributed by atoms with Gasteiger partial charge in [-0.05, 0) is 58.6 Å². The van der Waals surface area contributed by atoms with Gasteiger partial charge in [-0.15, -0.1) is 0 Å². The predicted octanol–water partition coefficient (Wildman–Crippen LogP) is 4.50. The Morgan fingerprint density at radius 2 is 1.96 bits per heavy atom. The summed E-state index contributed by atoms with van der Waals surface area (Å²) in [4.78, 5) is 11.9. The molecule has 0 unspecified atom stereocenters. The van der Waals surface area contributed by atoms with Crippen molar-refractivity contribution in [2.75, 3.05) is 13.2 Å². The first kappa shape index (κ1) is 20.0. The third-order valence-corrected chi connectivity index (χ3v) is 4.21. The second kappa shape index (κ2) is 9.97. The maximum absolute atomic E-state index is 11.9. The predicted molar refractivity (Wildman–Crippen MR) is 107 cm³/mol. The molecule has 0 heterocycles. The number of halogens is 1. The van der Waals surface area contributed by atoms with E-state index in [2.05, 4.69) is 40.3 Å². The van der Waals surface area contributed by atoms with Crippen LogP contribution in [-0.4, -0.2) is 25.3 Å². The monoisotopic (exact) mass is 418 g/mol. The van der Waals surface area contributed by atoms with E-state index in [0.29, 0.717) is 18.3 Å². The van der Waals surface area contributed by atoms with Crippen LogP contribution in [-0.2, 0) is 4.79 Å². The number of rotatable bonds is 8. The second-order valence-corrected chi connectivity index (χ2v) is 6.75. The molecule has 5 nitrogen and oxygen atoms in total. The van der Waals surface area contributed by atoms with Crippen molar-refractivity contribution in [2.45, 2.75) is 26.7 Å². The molecular formula is C20H23BrN2O3. The lowest BCUT2D eigenvalue weighted by atomic mass is 10.0. The van der Waals surface area contributed by atoms with Crippen LogP contribution in [0.4, 0.5) is 0 Å². The summed E-state index contributed by atoms with van der Waals surface area (Å²) in [5.41, 5.74) is 4.45. The summed E-state index contributed by atoms with van der Waals surface area (Å²) in [6, 6.07) is 13.3. The van der Waals surface area contributed by atoms with Gasteiger partial charge in [0, 0.05) is 5.56 Å². The van der Waals surface area contributed by atoms with Gasteiger partial charge >= 0.3 is 0 Å². The zero-order valence-corrected chi connectivity index (χ0v) is 16.7. The zero-order chi connectivity index (χ0) is 18.9. The Morgan fingerprint density at radius 3 is 2.65 bits per heavy atom. The summed E-state index contributed by atoms with van der Waals surface area (Å²) in [7, 11) is 0. The fourth-order valence-corrected chi connectivity index (χ4v) is 2.73. The standard InChI is InChI=1S/C20H23BrN2O3/c1-4-25-18-8-6-5-7-16(18)12-22-23-20(24)13-26-19-10-9-15(14(2)3)11-17(19)21/h5-12,14H,4,13H2,1-3H3,(H,23,24)/b22-12+. The van der Waals surface area contributed by atoms with Crippen LogP contribution in [0.5, 0.6) is 11.5 Å². The van der Waals surface area contributed by atoms with Crippen molar-refractivity contribution in [3.63, 3.8) is 0 Å². The van der Waals surface area contributed by atoms with Crippen LogP contribution in [0.2, 0.25) is 0 Å². The van der Waals surface area contributed by atoms with E-state index in [0.717, 1.165) is 15.8 Å². The zero-order valence-electron chi connectivity index (χ0n) is 15.2. The van der Waals surface area contributed by atoms with Gasteiger partial charge in [0.15, 0.2) is 6.61 Å². The van der Waals surface area contributed by atoms with Crippen molar-refractivity contribution in [1.82, 2.24) is 5.43 Å². The normalized spacial score (nSPS) is 11.0. The topological polar surface area (TPSA) is 59.9 Å². The summed E-state index contributed by atoms with van der Waals surface area (Å²) >= 11 is 3.47. The highest BCUT2D eigenvalue weighted by atomic mass is 79.9. The Bertz CT molecular complexity index is 775. The van der Waals surface area contributed by atoms with E-state index >= 15 is 0 Å². The molecule has 0 radical (unpaired) electrons. The summed E-state index contributed by atoms with van der Waals surface area (Å²) in [5.74, 6) is 1.43. The number of carbonyl (C=O) groups is 1. The second-order valence-electron chi connectivity index (χ2n) is 5.90. The molecule has 2 aromatic rings. The van der Waals surface area contributed by atoms with Gasteiger partial charge in [0.05, 0.1) is 17.3 Å². The highest BCUT2D eigenvalue weighted by Gasteiger charge is 2.08. The Morgan fingerprint density at radius 1 is 1.19 bits per heavy atom. The van der Waals surface area contributed by atoms with Crippen molar-refractivity contribution >= 4 is 28.1 Å². The SMILES string of the molecule is CCOc1ccccc1/C=N/NC(=O)COc1ccc(C(C)C)cc1Br. The molecule has 0 saturated heterocycles. The van der Waals surface area contributed by atoms with Crippen molar-refractivity contribution in [3.8, 4) is 11.5 Å². The fraction of sp³-hybridized carbons (Fsp3) is 0.300. The molecule has 2 rings (SSSR count). The number of nitrogens with zero attached hydrogens (tertiary/aromatic N) is 1. The fourth-order valence-electron chi connectivity index (χ4n) is 2.22. The molecule has 0 atom stereocenters. The molecule has 0 spiro atoms. The van der Waals surface area contributed by atoms with Gasteiger partial charge in [-0.2, -0.15) is 5.10 Å². The van der Waals surface area contributed by atoms with Crippen LogP contribution in [0.1, 0.15) is 37.8 Å². The quantitative estimate of drug-likeness (QED) is 0.506. The molecule has 0 bridgehead atoms. The third-order valence-electron chi connectivity index (χ3n) is 3.59. The van der Waals surface area contributed by atoms with E-state index in [1.165, 1.54) is 5.56 Å². The third kappa shape index (κ3) is 5.88. The average Bonchev–Trinajstić information content (AvgIpc) is 2.62. The number of hydrazone groups is 1. The largest absolute Gasteiger partial charge is 0.493 e. The van der Waals surface area contributed by atoms with E-state index in [4.69, 9.17) is 9.47 Å². The van der Waals surface area contributed by atoms with Gasteiger partial charge in [-0.3, -0.25) is 4.79 Å². The number of ether oxygens (including phenoxy) is 2. The highest BCUT2D eigenvalue weighted by Crippen LogP contribution is 2.28. The highest BCUT2D eigenvalue weighted by molar-refractivity contribution is 9.10. The van der Waals surface area contributed by atoms with E-state index in [9.17, 15) is 4.79 Å². The number of carbonyl (C=O) groups excluding carboxylic acids is 1. The lowest BCUT2D eigenvalue weighted by Gasteiger charge is -2.11. The minimum atomic E-state index is -0.338. The maximum atomic E-state index is 11.9. The molecule has 0 aliphatic carbocycles. The van der Waals surface area contributed by atoms with Crippen LogP contribution in [0, 0.1) is 0 Å². The first-order valence-electron chi connectivity index (χ1n) is 8.47. The van der Waals surface area contributed by atoms with Gasteiger partial charge < -0.3 is 9.47 Å². The minimum Gasteiger partial charge on any atom is -0.493 e. The number of nitrogens with one attached hydrogen (secondary N) is 1. The number of benzene rings is 2. The van der Waals surface area contributed by atoms with Gasteiger partial charge in [0.2, 0.25) is 0 Å².